The van der Waals surface area contributed by atoms with E-state index < -0.39 is 0 Å². The van der Waals surface area contributed by atoms with Gasteiger partial charge in [-0.1, -0.05) is 12.1 Å². The van der Waals surface area contributed by atoms with Crippen LogP contribution in [0.2, 0.25) is 0 Å². The summed E-state index contributed by atoms with van der Waals surface area (Å²) in [5.41, 5.74) is 1.03. The van der Waals surface area contributed by atoms with Crippen LogP contribution in [-0.4, -0.2) is 45.3 Å². The molecule has 118 valence electrons. The van der Waals surface area contributed by atoms with Gasteiger partial charge in [-0.05, 0) is 69.6 Å². The Kier molecular flexibility index (Phi) is 6.61. The van der Waals surface area contributed by atoms with Crippen molar-refractivity contribution in [3.8, 4) is 0 Å². The first-order valence-corrected chi connectivity index (χ1v) is 7.87. The van der Waals surface area contributed by atoms with Gasteiger partial charge in [0.2, 0.25) is 0 Å². The van der Waals surface area contributed by atoms with Crippen LogP contribution < -0.4 is 5.32 Å². The van der Waals surface area contributed by atoms with E-state index in [1.165, 1.54) is 18.9 Å². The monoisotopic (exact) mass is 294 g/mol. The Balaban J connectivity index is 1.79. The molecular weight excluding hydrogens is 267 g/mol. The standard InChI is InChI=1S/C17H27FN2O/c1-19-17(15-4-3-5-16(18)12-15)8-11-20-9-6-14(7-10-20)13-21-2/h3-5,12,14,17,19H,6-11,13H2,1-2H3. The van der Waals surface area contributed by atoms with Gasteiger partial charge < -0.3 is 15.0 Å². The fourth-order valence-corrected chi connectivity index (χ4v) is 3.13. The number of piperidine rings is 1. The minimum absolute atomic E-state index is 0.159. The normalized spacial score (nSPS) is 18.8. The molecular formula is C17H27FN2O. The summed E-state index contributed by atoms with van der Waals surface area (Å²) in [4.78, 5) is 2.51. The molecule has 4 heteroatoms. The lowest BCUT2D eigenvalue weighted by Gasteiger charge is -2.32. The summed E-state index contributed by atoms with van der Waals surface area (Å²) < 4.78 is 18.6. The Hall–Kier alpha value is -0.970. The van der Waals surface area contributed by atoms with E-state index in [2.05, 4.69) is 10.2 Å². The van der Waals surface area contributed by atoms with Crippen LogP contribution in [0.5, 0.6) is 0 Å². The lowest BCUT2D eigenvalue weighted by molar-refractivity contribution is 0.0979. The van der Waals surface area contributed by atoms with Gasteiger partial charge in [0.15, 0.2) is 0 Å². The molecule has 0 amide bonds. The fourth-order valence-electron chi connectivity index (χ4n) is 3.13. The van der Waals surface area contributed by atoms with Crippen molar-refractivity contribution in [1.82, 2.24) is 10.2 Å². The zero-order valence-corrected chi connectivity index (χ0v) is 13.1. The van der Waals surface area contributed by atoms with Crippen molar-refractivity contribution < 1.29 is 9.13 Å². The van der Waals surface area contributed by atoms with Gasteiger partial charge in [0.05, 0.1) is 0 Å². The van der Waals surface area contributed by atoms with Crippen LogP contribution in [-0.2, 0) is 4.74 Å². The Bertz CT molecular complexity index is 419. The average molecular weight is 294 g/mol. The van der Waals surface area contributed by atoms with Crippen LogP contribution >= 0.6 is 0 Å². The third kappa shape index (κ3) is 5.06. The summed E-state index contributed by atoms with van der Waals surface area (Å²) in [6, 6.07) is 7.13. The van der Waals surface area contributed by atoms with Gasteiger partial charge >= 0.3 is 0 Å². The number of halogens is 1. The van der Waals surface area contributed by atoms with E-state index in [1.54, 1.807) is 19.2 Å². The largest absolute Gasteiger partial charge is 0.384 e. The molecule has 0 spiro atoms. The molecule has 2 rings (SSSR count). The lowest BCUT2D eigenvalue weighted by atomic mass is 9.97. The molecule has 0 saturated carbocycles. The summed E-state index contributed by atoms with van der Waals surface area (Å²) in [6.07, 6.45) is 3.45. The van der Waals surface area contributed by atoms with Crippen molar-refractivity contribution in [2.45, 2.75) is 25.3 Å². The predicted molar refractivity (Wildman–Crippen MR) is 83.9 cm³/mol. The van der Waals surface area contributed by atoms with E-state index in [0.717, 1.165) is 44.1 Å². The summed E-state index contributed by atoms with van der Waals surface area (Å²) in [5, 5.41) is 3.30. The molecule has 1 aromatic rings. The number of nitrogens with one attached hydrogen (secondary N) is 1. The molecule has 3 nitrogen and oxygen atoms in total. The van der Waals surface area contributed by atoms with E-state index in [4.69, 9.17) is 4.74 Å². The highest BCUT2D eigenvalue weighted by molar-refractivity contribution is 5.20. The third-order valence-electron chi connectivity index (χ3n) is 4.44. The maximum absolute atomic E-state index is 13.3. The van der Waals surface area contributed by atoms with Crippen molar-refractivity contribution in [2.75, 3.05) is 40.4 Å². The van der Waals surface area contributed by atoms with Crippen LogP contribution in [0, 0.1) is 11.7 Å². The molecule has 1 unspecified atom stereocenters. The summed E-state index contributed by atoms with van der Waals surface area (Å²) >= 11 is 0. The van der Waals surface area contributed by atoms with Gasteiger partial charge in [-0.2, -0.15) is 0 Å². The topological polar surface area (TPSA) is 24.5 Å². The second kappa shape index (κ2) is 8.47. The van der Waals surface area contributed by atoms with Gasteiger partial charge in [-0.25, -0.2) is 4.39 Å². The molecule has 1 N–H and O–H groups in total. The summed E-state index contributed by atoms with van der Waals surface area (Å²) in [5.74, 6) is 0.558. The number of benzene rings is 1. The van der Waals surface area contributed by atoms with Crippen LogP contribution in [0.4, 0.5) is 4.39 Å². The molecule has 1 saturated heterocycles. The van der Waals surface area contributed by atoms with Crippen LogP contribution in [0.25, 0.3) is 0 Å². The van der Waals surface area contributed by atoms with Crippen LogP contribution in [0.3, 0.4) is 0 Å². The number of hydrogen-bond acceptors (Lipinski definition) is 3. The van der Waals surface area contributed by atoms with E-state index >= 15 is 0 Å². The Labute approximate surface area is 127 Å². The first kappa shape index (κ1) is 16.4. The molecule has 1 heterocycles. The molecule has 1 aliphatic heterocycles. The highest BCUT2D eigenvalue weighted by atomic mass is 19.1. The molecule has 0 aromatic heterocycles. The van der Waals surface area contributed by atoms with Gasteiger partial charge in [0.25, 0.3) is 0 Å². The van der Waals surface area contributed by atoms with Gasteiger partial charge in [0, 0.05) is 19.8 Å². The van der Waals surface area contributed by atoms with E-state index in [9.17, 15) is 4.39 Å². The maximum atomic E-state index is 13.3. The third-order valence-corrected chi connectivity index (χ3v) is 4.44. The SMILES string of the molecule is CNC(CCN1CCC(COC)CC1)c1cccc(F)c1. The first-order valence-electron chi connectivity index (χ1n) is 7.87. The Morgan fingerprint density at radius 2 is 2.14 bits per heavy atom. The summed E-state index contributed by atoms with van der Waals surface area (Å²) in [7, 11) is 3.73. The van der Waals surface area contributed by atoms with Crippen LogP contribution in [0.1, 0.15) is 30.9 Å². The molecule has 1 fully saturated rings. The highest BCUT2D eigenvalue weighted by Gasteiger charge is 2.20. The van der Waals surface area contributed by atoms with E-state index in [1.807, 2.05) is 13.1 Å². The zero-order valence-electron chi connectivity index (χ0n) is 13.1. The number of rotatable bonds is 7. The molecule has 0 aliphatic carbocycles. The summed E-state index contributed by atoms with van der Waals surface area (Å²) in [6.45, 7) is 4.24. The molecule has 1 aliphatic rings. The minimum atomic E-state index is -0.159. The zero-order chi connectivity index (χ0) is 15.1. The lowest BCUT2D eigenvalue weighted by Crippen LogP contribution is -2.36. The molecule has 0 radical (unpaired) electrons. The number of ether oxygens (including phenoxy) is 1. The number of methoxy groups -OCH3 is 1. The molecule has 0 bridgehead atoms. The van der Waals surface area contributed by atoms with Crippen molar-refractivity contribution in [2.24, 2.45) is 5.92 Å². The predicted octanol–water partition coefficient (Wildman–Crippen LogP) is 2.83. The smallest absolute Gasteiger partial charge is 0.123 e. The van der Waals surface area contributed by atoms with Gasteiger partial charge in [-0.3, -0.25) is 0 Å². The van der Waals surface area contributed by atoms with Crippen molar-refractivity contribution in [1.29, 1.82) is 0 Å². The van der Waals surface area contributed by atoms with Crippen LogP contribution in [0.15, 0.2) is 24.3 Å². The second-order valence-corrected chi connectivity index (χ2v) is 5.93. The van der Waals surface area contributed by atoms with Crippen molar-refractivity contribution in [3.63, 3.8) is 0 Å². The molecule has 1 aromatic carbocycles. The minimum Gasteiger partial charge on any atom is -0.384 e. The van der Waals surface area contributed by atoms with Gasteiger partial charge in [-0.15, -0.1) is 0 Å². The number of nitrogens with zero attached hydrogens (tertiary/aromatic N) is 1. The van der Waals surface area contributed by atoms with Crippen molar-refractivity contribution >= 4 is 0 Å². The van der Waals surface area contributed by atoms with E-state index in [-0.39, 0.29) is 11.9 Å². The number of likely N-dealkylation sites (tertiary alicyclic amines) is 1. The number of hydrogen-bond donors (Lipinski definition) is 1. The highest BCUT2D eigenvalue weighted by Crippen LogP contribution is 2.21. The van der Waals surface area contributed by atoms with Crippen molar-refractivity contribution in [3.05, 3.63) is 35.6 Å². The first-order chi connectivity index (χ1) is 10.2. The second-order valence-electron chi connectivity index (χ2n) is 5.93. The average Bonchev–Trinajstić information content (AvgIpc) is 2.50. The fraction of sp³-hybridized carbons (Fsp3) is 0.647. The van der Waals surface area contributed by atoms with E-state index in [0.29, 0.717) is 0 Å². The Morgan fingerprint density at radius 3 is 2.76 bits per heavy atom. The van der Waals surface area contributed by atoms with Gasteiger partial charge in [0.1, 0.15) is 5.82 Å². The quantitative estimate of drug-likeness (QED) is 0.837. The molecule has 21 heavy (non-hydrogen) atoms. The maximum Gasteiger partial charge on any atom is 0.123 e. The Morgan fingerprint density at radius 1 is 1.38 bits per heavy atom. The molecule has 1 atom stereocenters.